The molecule has 0 bridgehead atoms. The van der Waals surface area contributed by atoms with Gasteiger partial charge >= 0.3 is 0 Å². The number of aryl methyl sites for hydroxylation is 8. The molecule has 4 aromatic heterocycles. The molecular formula is C50H54Br4N4. The number of pyridine rings is 4. The Morgan fingerprint density at radius 2 is 0.569 bits per heavy atom. The second-order valence-electron chi connectivity index (χ2n) is 14.3. The molecule has 302 valence electrons. The first-order valence-corrected chi connectivity index (χ1v) is 19.2. The second kappa shape index (κ2) is 26.2. The predicted octanol–water partition coefficient (Wildman–Crippen LogP) is -3.59. The quantitative estimate of drug-likeness (QED) is 0.0553. The lowest BCUT2D eigenvalue weighted by atomic mass is 9.83. The third-order valence-electron chi connectivity index (χ3n) is 10.2. The van der Waals surface area contributed by atoms with E-state index in [9.17, 15) is 0 Å². The van der Waals surface area contributed by atoms with Crippen molar-refractivity contribution in [2.75, 3.05) is 0 Å². The van der Waals surface area contributed by atoms with Gasteiger partial charge in [0.15, 0.2) is 49.6 Å². The highest BCUT2D eigenvalue weighted by Gasteiger charge is 2.25. The smallest absolute Gasteiger partial charge is 0.176 e. The molecule has 0 saturated carbocycles. The van der Waals surface area contributed by atoms with E-state index in [1.54, 1.807) is 0 Å². The van der Waals surface area contributed by atoms with Gasteiger partial charge in [-0.25, -0.2) is 18.3 Å². The van der Waals surface area contributed by atoms with Crippen LogP contribution in [0.1, 0.15) is 73.6 Å². The molecule has 0 aliphatic heterocycles. The second-order valence-corrected chi connectivity index (χ2v) is 14.3. The van der Waals surface area contributed by atoms with Crippen LogP contribution in [0.15, 0.2) is 86.0 Å². The summed E-state index contributed by atoms with van der Waals surface area (Å²) in [5, 5.41) is 0. The highest BCUT2D eigenvalue weighted by molar-refractivity contribution is 5.96. The van der Waals surface area contributed by atoms with Gasteiger partial charge in [0.1, 0.15) is 26.2 Å². The molecule has 8 heteroatoms. The molecule has 0 fully saturated rings. The normalized spacial score (nSPS) is 9.93. The van der Waals surface area contributed by atoms with Gasteiger partial charge in [0.2, 0.25) is 0 Å². The molecule has 0 atom stereocenters. The van der Waals surface area contributed by atoms with Gasteiger partial charge in [0.05, 0.1) is 0 Å². The fourth-order valence-corrected chi connectivity index (χ4v) is 7.06. The van der Waals surface area contributed by atoms with Crippen LogP contribution in [0.25, 0.3) is 44.5 Å². The van der Waals surface area contributed by atoms with E-state index in [0.717, 1.165) is 77.5 Å². The molecule has 4 heterocycles. The largest absolute Gasteiger partial charge is 1.00 e. The molecular weight excluding hydrogens is 976 g/mol. The fraction of sp³-hybridized carbons (Fsp3) is 0.320. The zero-order valence-corrected chi connectivity index (χ0v) is 40.5. The van der Waals surface area contributed by atoms with Crippen LogP contribution < -0.4 is 86.2 Å². The van der Waals surface area contributed by atoms with E-state index in [2.05, 4.69) is 156 Å². The Morgan fingerprint density at radius 1 is 0.362 bits per heavy atom. The summed E-state index contributed by atoms with van der Waals surface area (Å²) in [6.45, 7) is 12.3. The van der Waals surface area contributed by atoms with E-state index in [-0.39, 0.29) is 67.9 Å². The Labute approximate surface area is 390 Å². The molecule has 1 aromatic carbocycles. The Hall–Kier alpha value is -4.02. The van der Waals surface area contributed by atoms with Crippen LogP contribution in [-0.2, 0) is 26.2 Å². The molecule has 0 amide bonds. The fourth-order valence-electron chi connectivity index (χ4n) is 7.06. The van der Waals surface area contributed by atoms with Gasteiger partial charge in [-0.1, -0.05) is 0 Å². The molecule has 0 saturated heterocycles. The van der Waals surface area contributed by atoms with Gasteiger partial charge in [0, 0.05) is 97.9 Å². The Morgan fingerprint density at radius 3 is 0.759 bits per heavy atom. The number of unbranched alkanes of at least 4 members (excludes halogenated alkanes) is 4. The zero-order chi connectivity index (χ0) is 38.5. The molecule has 0 radical (unpaired) electrons. The molecule has 0 aliphatic carbocycles. The average Bonchev–Trinajstić information content (AvgIpc) is 3.17. The highest BCUT2D eigenvalue weighted by Crippen LogP contribution is 2.44. The highest BCUT2D eigenvalue weighted by atomic mass is 79.9. The van der Waals surface area contributed by atoms with Gasteiger partial charge in [0.25, 0.3) is 0 Å². The van der Waals surface area contributed by atoms with Gasteiger partial charge in [-0.15, -0.1) is 49.4 Å². The van der Waals surface area contributed by atoms with Crippen LogP contribution >= 0.6 is 0 Å². The van der Waals surface area contributed by atoms with E-state index in [0.29, 0.717) is 0 Å². The topological polar surface area (TPSA) is 15.5 Å². The van der Waals surface area contributed by atoms with Crippen molar-refractivity contribution in [3.05, 3.63) is 108 Å². The summed E-state index contributed by atoms with van der Waals surface area (Å²) in [6, 6.07) is 13.8. The lowest BCUT2D eigenvalue weighted by Crippen LogP contribution is -3.00. The van der Waals surface area contributed by atoms with Crippen LogP contribution in [-0.4, -0.2) is 0 Å². The molecule has 0 N–H and O–H groups in total. The van der Waals surface area contributed by atoms with Crippen LogP contribution in [0.4, 0.5) is 0 Å². The minimum absolute atomic E-state index is 0. The standard InChI is InChI=1S/C50H54N4.4BrH/c1-9-13-17-25-51-29-21-39(5)47(35-51)43-33-45(49-37-53(27-19-15-11-3)31-23-41(49)7)46(50-38-54(28-20-16-12-4)32-24-42(50)8)34-44(43)48-36-52(26-18-14-10-2)30-22-40(48)6;;;;/h1-4,21-24,29-38H,13-20,25-28H2,5-8H3;4*1H/q+4;;;;/p-4. The van der Waals surface area contributed by atoms with Gasteiger partial charge in [-0.05, 0) is 84.3 Å². The monoisotopic (exact) mass is 1030 g/mol. The van der Waals surface area contributed by atoms with E-state index >= 15 is 0 Å². The Bertz CT molecular complexity index is 1980. The lowest BCUT2D eigenvalue weighted by molar-refractivity contribution is -0.697. The predicted molar refractivity (Wildman–Crippen MR) is 220 cm³/mol. The number of nitrogens with zero attached hydrogens (tertiary/aromatic N) is 4. The van der Waals surface area contributed by atoms with E-state index < -0.39 is 0 Å². The van der Waals surface area contributed by atoms with Crippen LogP contribution in [0.3, 0.4) is 0 Å². The maximum atomic E-state index is 5.64. The van der Waals surface area contributed by atoms with Gasteiger partial charge in [-0.3, -0.25) is 0 Å². The van der Waals surface area contributed by atoms with Crippen molar-refractivity contribution in [1.82, 2.24) is 0 Å². The maximum Gasteiger partial charge on any atom is 0.176 e. The number of halogens is 4. The summed E-state index contributed by atoms with van der Waals surface area (Å²) < 4.78 is 9.12. The van der Waals surface area contributed by atoms with Crippen LogP contribution in [0.5, 0.6) is 0 Å². The maximum absolute atomic E-state index is 5.64. The number of rotatable bonds is 16. The molecule has 0 aliphatic rings. The lowest BCUT2D eigenvalue weighted by Gasteiger charge is -2.20. The molecule has 0 spiro atoms. The molecule has 58 heavy (non-hydrogen) atoms. The van der Waals surface area contributed by atoms with Crippen molar-refractivity contribution >= 4 is 0 Å². The molecule has 0 unspecified atom stereocenters. The molecule has 4 nitrogen and oxygen atoms in total. The van der Waals surface area contributed by atoms with Crippen molar-refractivity contribution in [2.24, 2.45) is 0 Å². The summed E-state index contributed by atoms with van der Waals surface area (Å²) in [7, 11) is 0. The Balaban J connectivity index is 0.00000420. The minimum atomic E-state index is 0. The van der Waals surface area contributed by atoms with Crippen molar-refractivity contribution < 1.29 is 86.2 Å². The molecule has 5 aromatic rings. The van der Waals surface area contributed by atoms with Gasteiger partial charge < -0.3 is 67.9 Å². The summed E-state index contributed by atoms with van der Waals surface area (Å²) in [6.07, 6.45) is 47.1. The minimum Gasteiger partial charge on any atom is -1.00 e. The van der Waals surface area contributed by atoms with Gasteiger partial charge in [-0.2, -0.15) is 0 Å². The SMILES string of the molecule is C#CCCC[n+]1ccc(C)c(-c2cc(-c3c[n+](CCCC#C)ccc3C)c(-c3c[n+](CCCC#C)ccc3C)cc2-c2c[n+](CCCC#C)ccc2C)c1.[Br-].[Br-].[Br-].[Br-]. The van der Waals surface area contributed by atoms with Crippen molar-refractivity contribution in [3.63, 3.8) is 0 Å². The van der Waals surface area contributed by atoms with Crippen molar-refractivity contribution in [1.29, 1.82) is 0 Å². The summed E-state index contributed by atoms with van der Waals surface area (Å²) in [5.74, 6) is 11.2. The number of hydrogen-bond donors (Lipinski definition) is 0. The van der Waals surface area contributed by atoms with Crippen LogP contribution in [0, 0.1) is 77.1 Å². The van der Waals surface area contributed by atoms with Crippen molar-refractivity contribution in [3.8, 4) is 93.9 Å². The third kappa shape index (κ3) is 13.5. The third-order valence-corrected chi connectivity index (χ3v) is 10.2. The average molecular weight is 1030 g/mol. The van der Waals surface area contributed by atoms with E-state index in [1.807, 2.05) is 0 Å². The summed E-state index contributed by atoms with van der Waals surface area (Å²) in [4.78, 5) is 0. The molecule has 5 rings (SSSR count). The van der Waals surface area contributed by atoms with E-state index in [4.69, 9.17) is 25.7 Å². The Kier molecular flexibility index (Phi) is 23.4. The number of benzene rings is 1. The first-order valence-electron chi connectivity index (χ1n) is 19.2. The number of terminal acetylenes is 4. The number of aromatic nitrogens is 4. The summed E-state index contributed by atoms with van der Waals surface area (Å²) in [5.41, 5.74) is 14.5. The van der Waals surface area contributed by atoms with Crippen molar-refractivity contribution in [2.45, 2.75) is 105 Å². The van der Waals surface area contributed by atoms with E-state index in [1.165, 1.54) is 66.8 Å². The summed E-state index contributed by atoms with van der Waals surface area (Å²) >= 11 is 0. The first kappa shape index (κ1) is 52.0. The first-order chi connectivity index (χ1) is 26.3. The van der Waals surface area contributed by atoms with Crippen LogP contribution in [0.2, 0.25) is 0 Å². The zero-order valence-electron chi connectivity index (χ0n) is 34.2. The number of hydrogen-bond acceptors (Lipinski definition) is 0.